The number of alkyl halides is 3. The van der Waals surface area contributed by atoms with Gasteiger partial charge in [0.25, 0.3) is 5.91 Å². The predicted octanol–water partition coefficient (Wildman–Crippen LogP) is 6.12. The minimum Gasteiger partial charge on any atom is -0.338 e. The number of anilines is 1. The number of para-hydroxylation sites is 1. The molecule has 2 atom stereocenters. The maximum atomic E-state index is 13.5. The summed E-state index contributed by atoms with van der Waals surface area (Å²) in [6, 6.07) is 14.6. The highest BCUT2D eigenvalue weighted by Crippen LogP contribution is 2.37. The Balaban J connectivity index is 1.28. The molecule has 0 unspecified atom stereocenters. The number of likely N-dealkylation sites (tertiary alicyclic amines) is 2. The fourth-order valence-corrected chi connectivity index (χ4v) is 6.47. The van der Waals surface area contributed by atoms with Crippen LogP contribution in [-0.2, 0) is 4.79 Å². The van der Waals surface area contributed by atoms with Crippen LogP contribution in [0.5, 0.6) is 0 Å². The molecule has 3 aromatic rings. The van der Waals surface area contributed by atoms with Gasteiger partial charge < -0.3 is 15.1 Å². The van der Waals surface area contributed by atoms with Crippen LogP contribution in [0.3, 0.4) is 0 Å². The van der Waals surface area contributed by atoms with Gasteiger partial charge in [0.05, 0.1) is 11.3 Å². The highest BCUT2D eigenvalue weighted by Gasteiger charge is 2.41. The average molecular weight is 560 g/mol. The number of rotatable bonds is 6. The second-order valence-electron chi connectivity index (χ2n) is 10.3. The molecule has 10 heteroatoms. The van der Waals surface area contributed by atoms with Crippen LogP contribution in [0, 0.1) is 11.7 Å². The number of thiophene rings is 1. The number of halogens is 4. The van der Waals surface area contributed by atoms with Gasteiger partial charge >= 0.3 is 12.1 Å². The van der Waals surface area contributed by atoms with Gasteiger partial charge in [-0.3, -0.25) is 9.59 Å². The number of hydrogen-bond acceptors (Lipinski definition) is 4. The molecule has 2 amide bonds. The van der Waals surface area contributed by atoms with Gasteiger partial charge in [-0.2, -0.15) is 24.5 Å². The second-order valence-corrected chi connectivity index (χ2v) is 11.0. The Morgan fingerprint density at radius 2 is 1.67 bits per heavy atom. The van der Waals surface area contributed by atoms with E-state index in [0.29, 0.717) is 19.0 Å². The first-order chi connectivity index (χ1) is 18.7. The molecule has 1 N–H and O–H groups in total. The van der Waals surface area contributed by atoms with E-state index in [1.807, 2.05) is 22.8 Å². The topological polar surface area (TPSA) is 52.7 Å². The molecule has 39 heavy (non-hydrogen) atoms. The Morgan fingerprint density at radius 3 is 2.33 bits per heavy atom. The third-order valence-electron chi connectivity index (χ3n) is 7.78. The molecule has 0 saturated carbocycles. The summed E-state index contributed by atoms with van der Waals surface area (Å²) in [5.41, 5.74) is 2.20. The minimum atomic E-state index is -5.05. The van der Waals surface area contributed by atoms with Gasteiger partial charge in [-0.05, 0) is 90.0 Å². The van der Waals surface area contributed by atoms with Crippen molar-refractivity contribution in [2.45, 2.75) is 30.9 Å². The number of carbonyl (C=O) groups excluding carboxylic acids is 2. The van der Waals surface area contributed by atoms with Crippen LogP contribution in [0.2, 0.25) is 0 Å². The van der Waals surface area contributed by atoms with Crippen LogP contribution in [-0.4, -0.2) is 60.5 Å². The zero-order valence-corrected chi connectivity index (χ0v) is 22.0. The first kappa shape index (κ1) is 27.3. The van der Waals surface area contributed by atoms with Crippen molar-refractivity contribution in [3.63, 3.8) is 0 Å². The van der Waals surface area contributed by atoms with E-state index in [1.165, 1.54) is 30.3 Å². The van der Waals surface area contributed by atoms with Crippen molar-refractivity contribution >= 4 is 28.8 Å². The fourth-order valence-electron chi connectivity index (χ4n) is 5.74. The monoisotopic (exact) mass is 559 g/mol. The average Bonchev–Trinajstić information content (AvgIpc) is 3.59. The van der Waals surface area contributed by atoms with Crippen molar-refractivity contribution in [3.8, 4) is 0 Å². The van der Waals surface area contributed by atoms with Crippen molar-refractivity contribution in [1.29, 1.82) is 0 Å². The molecule has 2 aromatic carbocycles. The third kappa shape index (κ3) is 6.33. The van der Waals surface area contributed by atoms with Gasteiger partial charge in [0.2, 0.25) is 0 Å². The van der Waals surface area contributed by atoms with E-state index in [4.69, 9.17) is 0 Å². The van der Waals surface area contributed by atoms with Crippen LogP contribution < -0.4 is 5.32 Å². The molecule has 2 saturated heterocycles. The van der Waals surface area contributed by atoms with E-state index in [2.05, 4.69) is 16.3 Å². The van der Waals surface area contributed by atoms with Crippen LogP contribution in [0.15, 0.2) is 65.4 Å². The second kappa shape index (κ2) is 11.5. The Bertz CT molecular complexity index is 1290. The van der Waals surface area contributed by atoms with Gasteiger partial charge in [0.1, 0.15) is 5.82 Å². The first-order valence-electron chi connectivity index (χ1n) is 13.0. The van der Waals surface area contributed by atoms with E-state index in [9.17, 15) is 27.2 Å². The molecule has 2 aliphatic rings. The van der Waals surface area contributed by atoms with Crippen LogP contribution >= 0.6 is 11.3 Å². The Morgan fingerprint density at radius 1 is 0.949 bits per heavy atom. The standard InChI is InChI=1S/C29H29F4N3O2S/c30-23-7-5-19(6-8-23)20-9-12-35(13-10-20)15-22-16-36(17-25(22)21-11-14-39-18-21)27(37)24-3-1-2-4-26(24)34-28(38)29(31,32)33/h1-8,11,14,18,20,22,25H,9-10,12-13,15-17H2,(H,34,38)/t22-,25-/m0/s1. The predicted molar refractivity (Wildman–Crippen MR) is 142 cm³/mol. The zero-order valence-electron chi connectivity index (χ0n) is 21.2. The van der Waals surface area contributed by atoms with Crippen molar-refractivity contribution in [1.82, 2.24) is 9.80 Å². The molecule has 0 bridgehead atoms. The van der Waals surface area contributed by atoms with Crippen LogP contribution in [0.4, 0.5) is 23.2 Å². The van der Waals surface area contributed by atoms with Gasteiger partial charge in [0.15, 0.2) is 0 Å². The lowest BCUT2D eigenvalue weighted by molar-refractivity contribution is -0.167. The Labute approximate surface area is 228 Å². The summed E-state index contributed by atoms with van der Waals surface area (Å²) < 4.78 is 51.9. The minimum absolute atomic E-state index is 0.0416. The summed E-state index contributed by atoms with van der Waals surface area (Å²) in [7, 11) is 0. The summed E-state index contributed by atoms with van der Waals surface area (Å²) in [6.45, 7) is 3.52. The number of hydrogen-bond donors (Lipinski definition) is 1. The summed E-state index contributed by atoms with van der Waals surface area (Å²) in [5.74, 6) is -2.09. The molecule has 0 spiro atoms. The highest BCUT2D eigenvalue weighted by atomic mass is 32.1. The normalized spacial score (nSPS) is 20.8. The smallest absolute Gasteiger partial charge is 0.338 e. The SMILES string of the molecule is O=C(c1ccccc1NC(=O)C(F)(F)F)N1C[C@H](CN2CCC(c3ccc(F)cc3)CC2)[C@H](c2ccsc2)C1. The lowest BCUT2D eigenvalue weighted by atomic mass is 9.87. The first-order valence-corrected chi connectivity index (χ1v) is 13.9. The zero-order chi connectivity index (χ0) is 27.6. The lowest BCUT2D eigenvalue weighted by Crippen LogP contribution is -2.38. The molecule has 5 nitrogen and oxygen atoms in total. The molecule has 206 valence electrons. The molecule has 0 aliphatic carbocycles. The molecule has 0 radical (unpaired) electrons. The summed E-state index contributed by atoms with van der Waals surface area (Å²) in [6.07, 6.45) is -3.12. The maximum absolute atomic E-state index is 13.5. The Kier molecular flexibility index (Phi) is 8.04. The van der Waals surface area contributed by atoms with E-state index < -0.39 is 18.0 Å². The highest BCUT2D eigenvalue weighted by molar-refractivity contribution is 7.08. The van der Waals surface area contributed by atoms with Crippen molar-refractivity contribution in [2.75, 3.05) is 38.0 Å². The number of carbonyl (C=O) groups is 2. The van der Waals surface area contributed by atoms with E-state index in [1.54, 1.807) is 22.3 Å². The lowest BCUT2D eigenvalue weighted by Gasteiger charge is -2.34. The van der Waals surface area contributed by atoms with Gasteiger partial charge in [-0.15, -0.1) is 0 Å². The molecule has 5 rings (SSSR count). The number of benzene rings is 2. The number of piperidine rings is 1. The van der Waals surface area contributed by atoms with Crippen LogP contribution in [0.25, 0.3) is 0 Å². The van der Waals surface area contributed by atoms with Gasteiger partial charge in [-0.25, -0.2) is 4.39 Å². The van der Waals surface area contributed by atoms with Crippen molar-refractivity contribution in [3.05, 3.63) is 87.9 Å². The van der Waals surface area contributed by atoms with Crippen molar-refractivity contribution in [2.24, 2.45) is 5.92 Å². The number of nitrogens with zero attached hydrogens (tertiary/aromatic N) is 2. The van der Waals surface area contributed by atoms with E-state index in [-0.39, 0.29) is 28.9 Å². The van der Waals surface area contributed by atoms with Gasteiger partial charge in [-0.1, -0.05) is 24.3 Å². The largest absolute Gasteiger partial charge is 0.471 e. The quantitative estimate of drug-likeness (QED) is 0.370. The third-order valence-corrected chi connectivity index (χ3v) is 8.49. The van der Waals surface area contributed by atoms with Crippen molar-refractivity contribution < 1.29 is 27.2 Å². The van der Waals surface area contributed by atoms with E-state index >= 15 is 0 Å². The molecule has 2 aliphatic heterocycles. The Hall–Kier alpha value is -3.24. The van der Waals surface area contributed by atoms with E-state index in [0.717, 1.165) is 43.6 Å². The van der Waals surface area contributed by atoms with Gasteiger partial charge in [0, 0.05) is 25.6 Å². The molecule has 1 aromatic heterocycles. The summed E-state index contributed by atoms with van der Waals surface area (Å²) in [4.78, 5) is 29.2. The summed E-state index contributed by atoms with van der Waals surface area (Å²) >= 11 is 1.59. The maximum Gasteiger partial charge on any atom is 0.471 e. The molecular formula is C29H29F4N3O2S. The number of amides is 2. The molecule has 2 fully saturated rings. The van der Waals surface area contributed by atoms with Crippen LogP contribution in [0.1, 0.15) is 46.2 Å². The molecule has 3 heterocycles. The molecular weight excluding hydrogens is 530 g/mol. The fraction of sp³-hybridized carbons (Fsp3) is 0.379. The summed E-state index contributed by atoms with van der Waals surface area (Å²) in [5, 5.41) is 5.95. The number of nitrogens with one attached hydrogen (secondary N) is 1.